The van der Waals surface area contributed by atoms with Gasteiger partial charge in [0.1, 0.15) is 0 Å². The molecule has 3 rings (SSSR count). The number of thiazole rings is 1. The van der Waals surface area contributed by atoms with Crippen LogP contribution in [-0.4, -0.2) is 41.7 Å². The molecule has 1 aliphatic heterocycles. The van der Waals surface area contributed by atoms with Gasteiger partial charge in [0.15, 0.2) is 10.8 Å². The van der Waals surface area contributed by atoms with E-state index in [0.717, 1.165) is 50.0 Å². The summed E-state index contributed by atoms with van der Waals surface area (Å²) < 4.78 is 7.97. The van der Waals surface area contributed by atoms with E-state index in [4.69, 9.17) is 9.72 Å². The molecule has 0 amide bonds. The topological polar surface area (TPSA) is 41.8 Å². The number of ether oxygens (including phenoxy) is 1. The number of hydrogen-bond acceptors (Lipinski definition) is 5. The summed E-state index contributed by atoms with van der Waals surface area (Å²) in [5.74, 6) is 1.12. The fourth-order valence-electron chi connectivity index (χ4n) is 2.64. The number of nitrogens with zero attached hydrogens (tertiary/aromatic N) is 3. The van der Waals surface area contributed by atoms with Crippen LogP contribution in [0.4, 0.5) is 5.82 Å². The number of hydrogen-bond donors (Lipinski definition) is 1. The maximum atomic E-state index is 5.77. The van der Waals surface area contributed by atoms with Crippen LogP contribution in [0, 0.1) is 0 Å². The molecule has 3 heterocycles. The van der Waals surface area contributed by atoms with Gasteiger partial charge in [0.2, 0.25) is 0 Å². The smallest absolute Gasteiger partial charge is 0.195 e. The van der Waals surface area contributed by atoms with Crippen molar-refractivity contribution >= 4 is 22.1 Å². The van der Waals surface area contributed by atoms with Crippen molar-refractivity contribution in [3.63, 3.8) is 0 Å². The average Bonchev–Trinajstić information content (AvgIpc) is 3.06. The van der Waals surface area contributed by atoms with E-state index in [9.17, 15) is 0 Å². The van der Waals surface area contributed by atoms with Crippen LogP contribution in [0.25, 0.3) is 4.96 Å². The second kappa shape index (κ2) is 6.11. The van der Waals surface area contributed by atoms with E-state index in [1.807, 2.05) is 0 Å². The number of fused-ring (bicyclic) bond motifs is 1. The molecule has 0 bridgehead atoms. The van der Waals surface area contributed by atoms with Crippen LogP contribution < -0.4 is 10.2 Å². The molecule has 2 aromatic heterocycles. The minimum atomic E-state index is 0.329. The first-order chi connectivity index (χ1) is 9.83. The van der Waals surface area contributed by atoms with Crippen molar-refractivity contribution in [2.45, 2.75) is 32.9 Å². The van der Waals surface area contributed by atoms with Crippen molar-refractivity contribution in [1.29, 1.82) is 0 Å². The highest BCUT2D eigenvalue weighted by atomic mass is 32.1. The van der Waals surface area contributed by atoms with Crippen LogP contribution in [0.15, 0.2) is 11.6 Å². The van der Waals surface area contributed by atoms with E-state index >= 15 is 0 Å². The van der Waals surface area contributed by atoms with E-state index in [-0.39, 0.29) is 0 Å². The first-order valence-electron chi connectivity index (χ1n) is 7.35. The van der Waals surface area contributed by atoms with Crippen molar-refractivity contribution < 1.29 is 4.74 Å². The van der Waals surface area contributed by atoms with E-state index in [1.165, 1.54) is 5.69 Å². The molecule has 0 aliphatic carbocycles. The predicted molar refractivity (Wildman–Crippen MR) is 82.7 cm³/mol. The Hall–Kier alpha value is -1.11. The standard InChI is InChI=1S/C14H22N4OS/c1-3-11-10-17(5-7-19-11)13-12(9-15-4-2)18-6-8-20-14(18)16-13/h6,8,11,15H,3-5,7,9-10H2,1-2H3. The van der Waals surface area contributed by atoms with Crippen LogP contribution in [0.2, 0.25) is 0 Å². The zero-order valence-electron chi connectivity index (χ0n) is 12.1. The van der Waals surface area contributed by atoms with Gasteiger partial charge in [-0.3, -0.25) is 4.40 Å². The molecule has 1 N–H and O–H groups in total. The number of rotatable bonds is 5. The normalized spacial score (nSPS) is 19.9. The number of aromatic nitrogens is 2. The Balaban J connectivity index is 1.90. The molecule has 20 heavy (non-hydrogen) atoms. The maximum Gasteiger partial charge on any atom is 0.195 e. The summed E-state index contributed by atoms with van der Waals surface area (Å²) in [6.07, 6.45) is 3.50. The Labute approximate surface area is 123 Å². The monoisotopic (exact) mass is 294 g/mol. The highest BCUT2D eigenvalue weighted by Gasteiger charge is 2.24. The van der Waals surface area contributed by atoms with E-state index in [2.05, 4.69) is 40.0 Å². The van der Waals surface area contributed by atoms with Crippen molar-refractivity contribution in [2.75, 3.05) is 31.1 Å². The van der Waals surface area contributed by atoms with Crippen LogP contribution in [0.1, 0.15) is 26.0 Å². The van der Waals surface area contributed by atoms with Gasteiger partial charge in [0.05, 0.1) is 18.4 Å². The van der Waals surface area contributed by atoms with Crippen molar-refractivity contribution in [2.24, 2.45) is 0 Å². The number of anilines is 1. The molecule has 0 saturated carbocycles. The van der Waals surface area contributed by atoms with Crippen molar-refractivity contribution in [3.05, 3.63) is 17.3 Å². The second-order valence-corrected chi connectivity index (χ2v) is 5.94. The number of morpholine rings is 1. The zero-order valence-corrected chi connectivity index (χ0v) is 12.9. The minimum Gasteiger partial charge on any atom is -0.375 e. The lowest BCUT2D eigenvalue weighted by atomic mass is 10.2. The van der Waals surface area contributed by atoms with E-state index in [1.54, 1.807) is 11.3 Å². The van der Waals surface area contributed by atoms with Crippen LogP contribution in [-0.2, 0) is 11.3 Å². The highest BCUT2D eigenvalue weighted by molar-refractivity contribution is 7.15. The maximum absolute atomic E-state index is 5.77. The highest BCUT2D eigenvalue weighted by Crippen LogP contribution is 2.26. The van der Waals surface area contributed by atoms with Gasteiger partial charge >= 0.3 is 0 Å². The summed E-state index contributed by atoms with van der Waals surface area (Å²) in [6, 6.07) is 0. The molecule has 0 spiro atoms. The Morgan fingerprint density at radius 1 is 1.50 bits per heavy atom. The fraction of sp³-hybridized carbons (Fsp3) is 0.643. The zero-order chi connectivity index (χ0) is 13.9. The third kappa shape index (κ3) is 2.55. The SMILES string of the molecule is CCNCc1c(N2CCOC(CC)C2)nc2sccn12. The van der Waals surface area contributed by atoms with Gasteiger partial charge in [-0.25, -0.2) is 4.98 Å². The molecular weight excluding hydrogens is 272 g/mol. The lowest BCUT2D eigenvalue weighted by molar-refractivity contribution is 0.0381. The summed E-state index contributed by atoms with van der Waals surface area (Å²) in [5.41, 5.74) is 1.26. The first kappa shape index (κ1) is 13.9. The Morgan fingerprint density at radius 2 is 2.40 bits per heavy atom. The Bertz CT molecular complexity index is 565. The van der Waals surface area contributed by atoms with Gasteiger partial charge in [0, 0.05) is 31.2 Å². The summed E-state index contributed by atoms with van der Waals surface area (Å²) in [7, 11) is 0. The lowest BCUT2D eigenvalue weighted by Gasteiger charge is -2.33. The average molecular weight is 294 g/mol. The van der Waals surface area contributed by atoms with E-state index in [0.29, 0.717) is 6.10 Å². The quantitative estimate of drug-likeness (QED) is 0.917. The lowest BCUT2D eigenvalue weighted by Crippen LogP contribution is -2.43. The molecule has 1 atom stereocenters. The third-order valence-electron chi connectivity index (χ3n) is 3.78. The molecule has 0 aromatic carbocycles. The van der Waals surface area contributed by atoms with Gasteiger partial charge in [-0.2, -0.15) is 0 Å². The molecule has 0 radical (unpaired) electrons. The molecular formula is C14H22N4OS. The number of nitrogens with one attached hydrogen (secondary N) is 1. The molecule has 6 heteroatoms. The van der Waals surface area contributed by atoms with Crippen molar-refractivity contribution in [3.8, 4) is 0 Å². The minimum absolute atomic E-state index is 0.329. The van der Waals surface area contributed by atoms with Crippen molar-refractivity contribution in [1.82, 2.24) is 14.7 Å². The molecule has 110 valence electrons. The van der Waals surface area contributed by atoms with Gasteiger partial charge in [-0.1, -0.05) is 13.8 Å². The third-order valence-corrected chi connectivity index (χ3v) is 4.53. The largest absolute Gasteiger partial charge is 0.375 e. The first-order valence-corrected chi connectivity index (χ1v) is 8.23. The molecule has 1 fully saturated rings. The summed E-state index contributed by atoms with van der Waals surface area (Å²) >= 11 is 1.69. The Kier molecular flexibility index (Phi) is 4.24. The van der Waals surface area contributed by atoms with Gasteiger partial charge in [0.25, 0.3) is 0 Å². The summed E-state index contributed by atoms with van der Waals surface area (Å²) in [6.45, 7) is 8.81. The molecule has 2 aromatic rings. The van der Waals surface area contributed by atoms with E-state index < -0.39 is 0 Å². The summed E-state index contributed by atoms with van der Waals surface area (Å²) in [4.78, 5) is 8.29. The van der Waals surface area contributed by atoms with Gasteiger partial charge < -0.3 is 15.0 Å². The second-order valence-electron chi connectivity index (χ2n) is 5.07. The number of imidazole rings is 1. The molecule has 1 saturated heterocycles. The van der Waals surface area contributed by atoms with Crippen LogP contribution in [0.5, 0.6) is 0 Å². The molecule has 5 nitrogen and oxygen atoms in total. The Morgan fingerprint density at radius 3 is 3.20 bits per heavy atom. The van der Waals surface area contributed by atoms with Crippen LogP contribution in [0.3, 0.4) is 0 Å². The summed E-state index contributed by atoms with van der Waals surface area (Å²) in [5, 5.41) is 5.52. The molecule has 1 aliphatic rings. The predicted octanol–water partition coefficient (Wildman–Crippen LogP) is 2.12. The molecule has 1 unspecified atom stereocenters. The van der Waals surface area contributed by atoms with Gasteiger partial charge in [-0.15, -0.1) is 11.3 Å². The fourth-order valence-corrected chi connectivity index (χ4v) is 3.37. The van der Waals surface area contributed by atoms with Crippen LogP contribution >= 0.6 is 11.3 Å². The van der Waals surface area contributed by atoms with Gasteiger partial charge in [-0.05, 0) is 13.0 Å².